The van der Waals surface area contributed by atoms with Gasteiger partial charge in [0.15, 0.2) is 0 Å². The van der Waals surface area contributed by atoms with Crippen LogP contribution in [0.2, 0.25) is 0 Å². The average molecular weight is 213 g/mol. The summed E-state index contributed by atoms with van der Waals surface area (Å²) in [6, 6.07) is 0. The molecule has 0 radical (unpaired) electrons. The van der Waals surface area contributed by atoms with Gasteiger partial charge in [0, 0.05) is 5.92 Å². The molecule has 0 aromatic heterocycles. The van der Waals surface area contributed by atoms with E-state index in [4.69, 9.17) is 4.84 Å². The van der Waals surface area contributed by atoms with Crippen LogP contribution in [0.4, 0.5) is 0 Å². The molecule has 0 bridgehead atoms. The molecule has 1 amide bonds. The lowest BCUT2D eigenvalue weighted by Crippen LogP contribution is -2.31. The van der Waals surface area contributed by atoms with Crippen molar-refractivity contribution >= 4 is 5.91 Å². The lowest BCUT2D eigenvalue weighted by molar-refractivity contribution is -0.139. The Balaban J connectivity index is 2.19. The van der Waals surface area contributed by atoms with Crippen LogP contribution in [-0.4, -0.2) is 12.5 Å². The van der Waals surface area contributed by atoms with Gasteiger partial charge in [0.2, 0.25) is 5.91 Å². The minimum atomic E-state index is 0.0811. The highest BCUT2D eigenvalue weighted by Crippen LogP contribution is 2.22. The van der Waals surface area contributed by atoms with E-state index in [1.54, 1.807) is 0 Å². The van der Waals surface area contributed by atoms with Gasteiger partial charge in [0.05, 0.1) is 6.61 Å². The molecule has 0 unspecified atom stereocenters. The van der Waals surface area contributed by atoms with Crippen molar-refractivity contribution in [2.45, 2.75) is 52.4 Å². The predicted octanol–water partition coefficient (Wildman–Crippen LogP) is 2.66. The number of rotatable bonds is 4. The lowest BCUT2D eigenvalue weighted by Gasteiger charge is -2.14. The molecule has 15 heavy (non-hydrogen) atoms. The van der Waals surface area contributed by atoms with E-state index in [-0.39, 0.29) is 11.8 Å². The van der Waals surface area contributed by atoms with Crippen molar-refractivity contribution in [2.75, 3.05) is 6.61 Å². The van der Waals surface area contributed by atoms with Gasteiger partial charge in [-0.25, -0.2) is 5.48 Å². The van der Waals surface area contributed by atoms with Gasteiger partial charge in [-0.1, -0.05) is 39.5 Å². The Morgan fingerprint density at radius 3 is 2.40 bits per heavy atom. The van der Waals surface area contributed by atoms with Crippen molar-refractivity contribution in [1.82, 2.24) is 5.48 Å². The fourth-order valence-electron chi connectivity index (χ4n) is 1.90. The highest BCUT2D eigenvalue weighted by Gasteiger charge is 2.19. The zero-order valence-electron chi connectivity index (χ0n) is 9.92. The van der Waals surface area contributed by atoms with Crippen LogP contribution in [-0.2, 0) is 9.63 Å². The van der Waals surface area contributed by atoms with Gasteiger partial charge in [-0.3, -0.25) is 9.63 Å². The fourth-order valence-corrected chi connectivity index (χ4v) is 1.90. The van der Waals surface area contributed by atoms with E-state index in [0.717, 1.165) is 12.8 Å². The first kappa shape index (κ1) is 12.5. The van der Waals surface area contributed by atoms with E-state index >= 15 is 0 Å². The monoisotopic (exact) mass is 213 g/mol. The first-order valence-corrected chi connectivity index (χ1v) is 6.12. The van der Waals surface area contributed by atoms with Gasteiger partial charge < -0.3 is 0 Å². The van der Waals surface area contributed by atoms with Gasteiger partial charge in [-0.2, -0.15) is 0 Å². The van der Waals surface area contributed by atoms with E-state index in [1.165, 1.54) is 25.7 Å². The largest absolute Gasteiger partial charge is 0.273 e. The van der Waals surface area contributed by atoms with Crippen LogP contribution in [0.3, 0.4) is 0 Å². The van der Waals surface area contributed by atoms with Crippen molar-refractivity contribution < 1.29 is 9.63 Å². The molecular weight excluding hydrogens is 190 g/mol. The Morgan fingerprint density at radius 1 is 1.27 bits per heavy atom. The number of hydroxylamine groups is 1. The molecule has 0 aromatic rings. The van der Waals surface area contributed by atoms with Crippen LogP contribution in [0.15, 0.2) is 0 Å². The van der Waals surface area contributed by atoms with Crippen molar-refractivity contribution in [3.63, 3.8) is 0 Å². The van der Waals surface area contributed by atoms with Gasteiger partial charge >= 0.3 is 0 Å². The molecule has 3 heteroatoms. The summed E-state index contributed by atoms with van der Waals surface area (Å²) >= 11 is 0. The summed E-state index contributed by atoms with van der Waals surface area (Å²) in [6.07, 6.45) is 6.96. The van der Waals surface area contributed by atoms with Crippen molar-refractivity contribution in [3.8, 4) is 0 Å². The smallest absolute Gasteiger partial charge is 0.246 e. The Bertz CT molecular complexity index is 184. The zero-order chi connectivity index (χ0) is 11.1. The molecule has 0 spiro atoms. The number of hydrogen-bond donors (Lipinski definition) is 1. The second-order valence-electron chi connectivity index (χ2n) is 4.86. The van der Waals surface area contributed by atoms with Gasteiger partial charge in [-0.15, -0.1) is 0 Å². The summed E-state index contributed by atoms with van der Waals surface area (Å²) in [5.41, 5.74) is 2.57. The normalized spacial score (nSPS) is 18.9. The molecule has 1 aliphatic carbocycles. The molecule has 3 nitrogen and oxygen atoms in total. The van der Waals surface area contributed by atoms with Crippen LogP contribution in [0.5, 0.6) is 0 Å². The van der Waals surface area contributed by atoms with Crippen LogP contribution >= 0.6 is 0 Å². The molecular formula is C12H23NO2. The minimum absolute atomic E-state index is 0.0811. The summed E-state index contributed by atoms with van der Waals surface area (Å²) < 4.78 is 0. The topological polar surface area (TPSA) is 38.3 Å². The van der Waals surface area contributed by atoms with E-state index in [2.05, 4.69) is 19.3 Å². The Hall–Kier alpha value is -0.570. The van der Waals surface area contributed by atoms with E-state index in [9.17, 15) is 4.79 Å². The second-order valence-corrected chi connectivity index (χ2v) is 4.86. The Labute approximate surface area is 92.5 Å². The average Bonchev–Trinajstić information content (AvgIpc) is 2.44. The van der Waals surface area contributed by atoms with Gasteiger partial charge in [0.1, 0.15) is 0 Å². The predicted molar refractivity (Wildman–Crippen MR) is 60.1 cm³/mol. The first-order chi connectivity index (χ1) is 7.20. The summed E-state index contributed by atoms with van der Waals surface area (Å²) in [5.74, 6) is 0.719. The molecule has 1 N–H and O–H groups in total. The SMILES string of the molecule is CC(C)CONC(=O)C1CCCCCC1. The van der Waals surface area contributed by atoms with E-state index < -0.39 is 0 Å². The third-order valence-electron chi connectivity index (χ3n) is 2.82. The van der Waals surface area contributed by atoms with Crippen molar-refractivity contribution in [3.05, 3.63) is 0 Å². The zero-order valence-corrected chi connectivity index (χ0v) is 9.92. The molecule has 1 rings (SSSR count). The maximum atomic E-state index is 11.7. The Kier molecular flexibility index (Phi) is 5.69. The third kappa shape index (κ3) is 5.17. The van der Waals surface area contributed by atoms with E-state index in [0.29, 0.717) is 12.5 Å². The van der Waals surface area contributed by atoms with Crippen LogP contribution < -0.4 is 5.48 Å². The number of hydrogen-bond acceptors (Lipinski definition) is 2. The quantitative estimate of drug-likeness (QED) is 0.576. The third-order valence-corrected chi connectivity index (χ3v) is 2.82. The van der Waals surface area contributed by atoms with Gasteiger partial charge in [-0.05, 0) is 18.8 Å². The molecule has 1 aliphatic rings. The standard InChI is InChI=1S/C12H23NO2/c1-10(2)9-15-13-12(14)11-7-5-3-4-6-8-11/h10-11H,3-9H2,1-2H3,(H,13,14). The Morgan fingerprint density at radius 2 is 1.87 bits per heavy atom. The maximum Gasteiger partial charge on any atom is 0.246 e. The molecule has 0 atom stereocenters. The fraction of sp³-hybridized carbons (Fsp3) is 0.917. The van der Waals surface area contributed by atoms with Crippen LogP contribution in [0.1, 0.15) is 52.4 Å². The van der Waals surface area contributed by atoms with Crippen molar-refractivity contribution in [2.24, 2.45) is 11.8 Å². The second kappa shape index (κ2) is 6.83. The molecule has 88 valence electrons. The molecule has 0 aromatic carbocycles. The number of carbonyl (C=O) groups excluding carboxylic acids is 1. The van der Waals surface area contributed by atoms with Crippen molar-refractivity contribution in [1.29, 1.82) is 0 Å². The number of amides is 1. The molecule has 1 fully saturated rings. The van der Waals surface area contributed by atoms with Crippen LogP contribution in [0, 0.1) is 11.8 Å². The summed E-state index contributed by atoms with van der Waals surface area (Å²) in [7, 11) is 0. The molecule has 0 saturated heterocycles. The molecule has 0 heterocycles. The first-order valence-electron chi connectivity index (χ1n) is 6.12. The lowest BCUT2D eigenvalue weighted by atomic mass is 10.0. The summed E-state index contributed by atoms with van der Waals surface area (Å²) in [5, 5.41) is 0. The summed E-state index contributed by atoms with van der Waals surface area (Å²) in [4.78, 5) is 16.8. The van der Waals surface area contributed by atoms with Crippen LogP contribution in [0.25, 0.3) is 0 Å². The summed E-state index contributed by atoms with van der Waals surface area (Å²) in [6.45, 7) is 4.73. The maximum absolute atomic E-state index is 11.7. The van der Waals surface area contributed by atoms with E-state index in [1.807, 2.05) is 0 Å². The molecule has 0 aliphatic heterocycles. The van der Waals surface area contributed by atoms with Gasteiger partial charge in [0.25, 0.3) is 0 Å². The molecule has 1 saturated carbocycles. The number of carbonyl (C=O) groups is 1. The highest BCUT2D eigenvalue weighted by atomic mass is 16.6. The minimum Gasteiger partial charge on any atom is -0.273 e. The highest BCUT2D eigenvalue weighted by molar-refractivity contribution is 5.77. The number of nitrogens with one attached hydrogen (secondary N) is 1.